The van der Waals surface area contributed by atoms with E-state index in [0.717, 1.165) is 11.3 Å². The molecule has 0 atom stereocenters. The first kappa shape index (κ1) is 7.99. The summed E-state index contributed by atoms with van der Waals surface area (Å²) in [5.74, 6) is 0. The molecule has 1 rings (SSSR count). The molecule has 0 aliphatic heterocycles. The van der Waals surface area contributed by atoms with Gasteiger partial charge < -0.3 is 0 Å². The van der Waals surface area contributed by atoms with E-state index in [1.165, 1.54) is 11.1 Å². The van der Waals surface area contributed by atoms with Crippen molar-refractivity contribution in [2.45, 2.75) is 20.8 Å². The Morgan fingerprint density at radius 3 is 2.55 bits per heavy atom. The van der Waals surface area contributed by atoms with Gasteiger partial charge in [0.1, 0.15) is 0 Å². The zero-order valence-corrected chi connectivity index (χ0v) is 7.31. The van der Waals surface area contributed by atoms with Gasteiger partial charge >= 0.3 is 0 Å². The zero-order valence-electron chi connectivity index (χ0n) is 7.31. The van der Waals surface area contributed by atoms with Gasteiger partial charge in [-0.25, -0.2) is 0 Å². The van der Waals surface area contributed by atoms with Gasteiger partial charge in [0.15, 0.2) is 0 Å². The molecule has 0 fully saturated rings. The summed E-state index contributed by atoms with van der Waals surface area (Å²) < 4.78 is 0. The second kappa shape index (κ2) is 2.87. The number of hydrogen-bond acceptors (Lipinski definition) is 1. The predicted octanol–water partition coefficient (Wildman–Crippen LogP) is 2.73. The topological polar surface area (TPSA) is 12.9 Å². The Morgan fingerprint density at radius 2 is 2.09 bits per heavy atom. The Balaban J connectivity index is 3.23. The SMILES string of the molecule is C=C(C)c1cc(C)ncc1C. The van der Waals surface area contributed by atoms with Gasteiger partial charge in [-0.15, -0.1) is 0 Å². The third-order valence-corrected chi connectivity index (χ3v) is 1.70. The van der Waals surface area contributed by atoms with Crippen molar-refractivity contribution < 1.29 is 0 Å². The lowest BCUT2D eigenvalue weighted by Crippen LogP contribution is -1.89. The fourth-order valence-electron chi connectivity index (χ4n) is 1.09. The van der Waals surface area contributed by atoms with Crippen LogP contribution in [0.1, 0.15) is 23.7 Å². The first-order valence-corrected chi connectivity index (χ1v) is 3.70. The Kier molecular flexibility index (Phi) is 2.08. The van der Waals surface area contributed by atoms with E-state index in [9.17, 15) is 0 Å². The molecule has 1 aromatic heterocycles. The quantitative estimate of drug-likeness (QED) is 0.595. The molecular formula is C10H13N. The molecule has 1 heterocycles. The molecule has 58 valence electrons. The fraction of sp³-hybridized carbons (Fsp3) is 0.300. The third-order valence-electron chi connectivity index (χ3n) is 1.70. The van der Waals surface area contributed by atoms with Crippen LogP contribution in [0.2, 0.25) is 0 Å². The highest BCUT2D eigenvalue weighted by Crippen LogP contribution is 2.15. The van der Waals surface area contributed by atoms with Crippen LogP contribution in [0.25, 0.3) is 5.57 Å². The lowest BCUT2D eigenvalue weighted by Gasteiger charge is -2.04. The van der Waals surface area contributed by atoms with Crippen LogP contribution in [0, 0.1) is 13.8 Å². The summed E-state index contributed by atoms with van der Waals surface area (Å²) in [7, 11) is 0. The van der Waals surface area contributed by atoms with Crippen LogP contribution >= 0.6 is 0 Å². The monoisotopic (exact) mass is 147 g/mol. The van der Waals surface area contributed by atoms with Crippen molar-refractivity contribution in [3.8, 4) is 0 Å². The van der Waals surface area contributed by atoms with Gasteiger partial charge in [0.2, 0.25) is 0 Å². The van der Waals surface area contributed by atoms with Crippen LogP contribution < -0.4 is 0 Å². The molecule has 0 saturated heterocycles. The minimum atomic E-state index is 1.05. The molecule has 0 bridgehead atoms. The van der Waals surface area contributed by atoms with Crippen LogP contribution in [0.3, 0.4) is 0 Å². The minimum absolute atomic E-state index is 1.05. The van der Waals surface area contributed by atoms with Crippen molar-refractivity contribution in [1.82, 2.24) is 4.98 Å². The highest BCUT2D eigenvalue weighted by atomic mass is 14.7. The van der Waals surface area contributed by atoms with E-state index < -0.39 is 0 Å². The Hall–Kier alpha value is -1.11. The number of nitrogens with zero attached hydrogens (tertiary/aromatic N) is 1. The normalized spacial score (nSPS) is 9.73. The predicted molar refractivity (Wildman–Crippen MR) is 48.4 cm³/mol. The fourth-order valence-corrected chi connectivity index (χ4v) is 1.09. The van der Waals surface area contributed by atoms with Crippen LogP contribution in [-0.4, -0.2) is 4.98 Å². The number of pyridine rings is 1. The molecule has 0 saturated carbocycles. The molecule has 0 radical (unpaired) electrons. The first-order valence-electron chi connectivity index (χ1n) is 3.70. The maximum atomic E-state index is 4.18. The summed E-state index contributed by atoms with van der Waals surface area (Å²) >= 11 is 0. The Morgan fingerprint density at radius 1 is 1.45 bits per heavy atom. The van der Waals surface area contributed by atoms with E-state index in [1.54, 1.807) is 0 Å². The van der Waals surface area contributed by atoms with Gasteiger partial charge in [0, 0.05) is 11.9 Å². The maximum Gasteiger partial charge on any atom is 0.0378 e. The van der Waals surface area contributed by atoms with Crippen LogP contribution in [0.5, 0.6) is 0 Å². The minimum Gasteiger partial charge on any atom is -0.261 e. The highest BCUT2D eigenvalue weighted by molar-refractivity contribution is 5.64. The second-order valence-corrected chi connectivity index (χ2v) is 2.92. The standard InChI is InChI=1S/C10H13N/c1-7(2)10-5-9(4)11-6-8(10)3/h5-6H,1H2,2-4H3. The zero-order chi connectivity index (χ0) is 8.43. The van der Waals surface area contributed by atoms with Gasteiger partial charge in [0.25, 0.3) is 0 Å². The first-order chi connectivity index (χ1) is 5.11. The van der Waals surface area contributed by atoms with Crippen molar-refractivity contribution >= 4 is 5.57 Å². The van der Waals surface area contributed by atoms with Crippen molar-refractivity contribution in [2.24, 2.45) is 0 Å². The Bertz CT molecular complexity index is 287. The summed E-state index contributed by atoms with van der Waals surface area (Å²) in [6.07, 6.45) is 1.89. The molecule has 0 spiro atoms. The lowest BCUT2D eigenvalue weighted by atomic mass is 10.0. The molecular weight excluding hydrogens is 134 g/mol. The maximum absolute atomic E-state index is 4.18. The molecule has 1 nitrogen and oxygen atoms in total. The number of rotatable bonds is 1. The highest BCUT2D eigenvalue weighted by Gasteiger charge is 1.98. The summed E-state index contributed by atoms with van der Waals surface area (Å²) in [5.41, 5.74) is 4.57. The number of aryl methyl sites for hydroxylation is 2. The molecule has 0 unspecified atom stereocenters. The van der Waals surface area contributed by atoms with Gasteiger partial charge in [-0.1, -0.05) is 12.2 Å². The van der Waals surface area contributed by atoms with Gasteiger partial charge in [0.05, 0.1) is 0 Å². The summed E-state index contributed by atoms with van der Waals surface area (Å²) in [5, 5.41) is 0. The van der Waals surface area contributed by atoms with Gasteiger partial charge in [-0.3, -0.25) is 4.98 Å². The summed E-state index contributed by atoms with van der Waals surface area (Å²) in [4.78, 5) is 4.18. The molecule has 11 heavy (non-hydrogen) atoms. The van der Waals surface area contributed by atoms with Crippen molar-refractivity contribution in [2.75, 3.05) is 0 Å². The summed E-state index contributed by atoms with van der Waals surface area (Å²) in [6, 6.07) is 2.07. The average molecular weight is 147 g/mol. The third kappa shape index (κ3) is 1.67. The van der Waals surface area contributed by atoms with E-state index in [0.29, 0.717) is 0 Å². The molecule has 0 aliphatic carbocycles. The molecule has 1 heteroatoms. The van der Waals surface area contributed by atoms with E-state index >= 15 is 0 Å². The molecule has 1 aromatic rings. The second-order valence-electron chi connectivity index (χ2n) is 2.92. The van der Waals surface area contributed by atoms with Gasteiger partial charge in [-0.2, -0.15) is 0 Å². The number of hydrogen-bond donors (Lipinski definition) is 0. The molecule has 0 amide bonds. The van der Waals surface area contributed by atoms with Crippen molar-refractivity contribution in [3.63, 3.8) is 0 Å². The molecule has 0 aromatic carbocycles. The van der Waals surface area contributed by atoms with Crippen molar-refractivity contribution in [1.29, 1.82) is 0 Å². The smallest absolute Gasteiger partial charge is 0.0378 e. The summed E-state index contributed by atoms with van der Waals surface area (Å²) in [6.45, 7) is 9.96. The van der Waals surface area contributed by atoms with Crippen LogP contribution in [-0.2, 0) is 0 Å². The van der Waals surface area contributed by atoms with Crippen LogP contribution in [0.4, 0.5) is 0 Å². The van der Waals surface area contributed by atoms with Crippen molar-refractivity contribution in [3.05, 3.63) is 35.7 Å². The average Bonchev–Trinajstić information content (AvgIpc) is 1.94. The molecule has 0 aliphatic rings. The lowest BCUT2D eigenvalue weighted by molar-refractivity contribution is 1.16. The van der Waals surface area contributed by atoms with Crippen LogP contribution in [0.15, 0.2) is 18.8 Å². The Labute approximate surface area is 67.8 Å². The van der Waals surface area contributed by atoms with E-state index in [-0.39, 0.29) is 0 Å². The van der Waals surface area contributed by atoms with E-state index in [4.69, 9.17) is 0 Å². The van der Waals surface area contributed by atoms with E-state index in [1.807, 2.05) is 20.0 Å². The van der Waals surface area contributed by atoms with Gasteiger partial charge in [-0.05, 0) is 38.0 Å². The number of allylic oxidation sites excluding steroid dienone is 1. The largest absolute Gasteiger partial charge is 0.261 e. The van der Waals surface area contributed by atoms with E-state index in [2.05, 4.69) is 24.6 Å². The number of aromatic nitrogens is 1. The molecule has 0 N–H and O–H groups in total.